The highest BCUT2D eigenvalue weighted by molar-refractivity contribution is 5.98. The van der Waals surface area contributed by atoms with Gasteiger partial charge in [0.05, 0.1) is 12.7 Å². The Morgan fingerprint density at radius 3 is 2.89 bits per heavy atom. The smallest absolute Gasteiger partial charge is 0.175 e. The minimum Gasteiger partial charge on any atom is -0.494 e. The molecular weight excluding hydrogens is 243 g/mol. The lowest BCUT2D eigenvalue weighted by Gasteiger charge is -2.27. The van der Waals surface area contributed by atoms with E-state index < -0.39 is 5.82 Å². The molecule has 1 aliphatic carbocycles. The van der Waals surface area contributed by atoms with E-state index in [4.69, 9.17) is 4.74 Å². The van der Waals surface area contributed by atoms with E-state index in [-0.39, 0.29) is 23.0 Å². The average molecular weight is 264 g/mol. The Kier molecular flexibility index (Phi) is 4.56. The van der Waals surface area contributed by atoms with Crippen LogP contribution in [0.2, 0.25) is 0 Å². The second kappa shape index (κ2) is 6.18. The third-order valence-electron chi connectivity index (χ3n) is 4.18. The number of benzene rings is 1. The molecule has 19 heavy (non-hydrogen) atoms. The monoisotopic (exact) mass is 264 g/mol. The zero-order chi connectivity index (χ0) is 13.8. The summed E-state index contributed by atoms with van der Waals surface area (Å²) in [4.78, 5) is 12.5. The molecule has 0 bridgehead atoms. The van der Waals surface area contributed by atoms with E-state index in [1.54, 1.807) is 18.2 Å². The summed E-state index contributed by atoms with van der Waals surface area (Å²) >= 11 is 0. The molecule has 0 radical (unpaired) electrons. The van der Waals surface area contributed by atoms with Crippen LogP contribution in [0.1, 0.15) is 49.4 Å². The topological polar surface area (TPSA) is 26.3 Å². The van der Waals surface area contributed by atoms with Crippen molar-refractivity contribution >= 4 is 5.78 Å². The fraction of sp³-hybridized carbons (Fsp3) is 0.562. The SMILES string of the molecule is CCC1CCCC(C(=O)c2cccc(OC)c2F)C1. The molecular formula is C16H21FO2. The van der Waals surface area contributed by atoms with Crippen molar-refractivity contribution in [2.75, 3.05) is 7.11 Å². The molecule has 2 unspecified atom stereocenters. The van der Waals surface area contributed by atoms with Gasteiger partial charge in [-0.2, -0.15) is 0 Å². The van der Waals surface area contributed by atoms with Crippen molar-refractivity contribution in [2.45, 2.75) is 39.0 Å². The van der Waals surface area contributed by atoms with E-state index in [2.05, 4.69) is 6.92 Å². The fourth-order valence-corrected chi connectivity index (χ4v) is 2.98. The van der Waals surface area contributed by atoms with Crippen LogP contribution < -0.4 is 4.74 Å². The summed E-state index contributed by atoms with van der Waals surface area (Å²) < 4.78 is 19.0. The maximum Gasteiger partial charge on any atom is 0.175 e. The van der Waals surface area contributed by atoms with E-state index in [1.807, 2.05) is 0 Å². The number of Topliss-reactive ketones (excluding diaryl/α,β-unsaturated/α-hetero) is 1. The molecule has 1 aromatic carbocycles. The number of hydrogen-bond acceptors (Lipinski definition) is 2. The number of methoxy groups -OCH3 is 1. The third kappa shape index (κ3) is 2.96. The molecule has 3 heteroatoms. The van der Waals surface area contributed by atoms with Crippen LogP contribution in [0.15, 0.2) is 18.2 Å². The van der Waals surface area contributed by atoms with Crippen LogP contribution in [0.5, 0.6) is 5.75 Å². The zero-order valence-electron chi connectivity index (χ0n) is 11.6. The van der Waals surface area contributed by atoms with Gasteiger partial charge in [-0.25, -0.2) is 4.39 Å². The van der Waals surface area contributed by atoms with Gasteiger partial charge in [0.25, 0.3) is 0 Å². The molecule has 104 valence electrons. The molecule has 1 aromatic rings. The quantitative estimate of drug-likeness (QED) is 0.760. The van der Waals surface area contributed by atoms with Crippen LogP contribution in [0.4, 0.5) is 4.39 Å². The van der Waals surface area contributed by atoms with Crippen molar-refractivity contribution in [2.24, 2.45) is 11.8 Å². The van der Waals surface area contributed by atoms with Gasteiger partial charge in [0.2, 0.25) is 0 Å². The second-order valence-electron chi connectivity index (χ2n) is 5.32. The predicted molar refractivity (Wildman–Crippen MR) is 73.0 cm³/mol. The molecule has 2 atom stereocenters. The molecule has 0 aromatic heterocycles. The number of ether oxygens (including phenoxy) is 1. The van der Waals surface area contributed by atoms with E-state index >= 15 is 0 Å². The van der Waals surface area contributed by atoms with E-state index in [9.17, 15) is 9.18 Å². The number of carbonyl (C=O) groups is 1. The first-order valence-electron chi connectivity index (χ1n) is 7.04. The molecule has 1 saturated carbocycles. The Bertz CT molecular complexity index is 456. The molecule has 0 amide bonds. The van der Waals surface area contributed by atoms with Gasteiger partial charge in [-0.05, 0) is 30.9 Å². The van der Waals surface area contributed by atoms with Gasteiger partial charge in [0.15, 0.2) is 17.3 Å². The van der Waals surface area contributed by atoms with Crippen LogP contribution >= 0.6 is 0 Å². The van der Waals surface area contributed by atoms with Gasteiger partial charge in [-0.1, -0.05) is 32.3 Å². The van der Waals surface area contributed by atoms with Gasteiger partial charge in [-0.15, -0.1) is 0 Å². The molecule has 0 saturated heterocycles. The fourth-order valence-electron chi connectivity index (χ4n) is 2.98. The van der Waals surface area contributed by atoms with Crippen LogP contribution in [0.25, 0.3) is 0 Å². The first-order valence-corrected chi connectivity index (χ1v) is 7.04. The highest BCUT2D eigenvalue weighted by Gasteiger charge is 2.29. The van der Waals surface area contributed by atoms with Crippen molar-refractivity contribution in [3.63, 3.8) is 0 Å². The molecule has 2 rings (SSSR count). The Morgan fingerprint density at radius 1 is 1.42 bits per heavy atom. The maximum absolute atomic E-state index is 14.1. The van der Waals surface area contributed by atoms with Crippen LogP contribution in [0.3, 0.4) is 0 Å². The lowest BCUT2D eigenvalue weighted by Crippen LogP contribution is -2.23. The molecule has 1 aliphatic rings. The second-order valence-corrected chi connectivity index (χ2v) is 5.32. The highest BCUT2D eigenvalue weighted by Crippen LogP contribution is 2.34. The molecule has 0 N–H and O–H groups in total. The number of ketones is 1. The molecule has 0 heterocycles. The Hall–Kier alpha value is -1.38. The van der Waals surface area contributed by atoms with Crippen LogP contribution in [-0.2, 0) is 0 Å². The Balaban J connectivity index is 2.19. The lowest BCUT2D eigenvalue weighted by atomic mass is 9.77. The minimum absolute atomic E-state index is 0.0275. The Morgan fingerprint density at radius 2 is 2.21 bits per heavy atom. The summed E-state index contributed by atoms with van der Waals surface area (Å²) in [5.41, 5.74) is 0.182. The Labute approximate surface area is 114 Å². The number of rotatable bonds is 4. The van der Waals surface area contributed by atoms with E-state index in [0.29, 0.717) is 5.92 Å². The van der Waals surface area contributed by atoms with Gasteiger partial charge in [0.1, 0.15) is 0 Å². The van der Waals surface area contributed by atoms with Crippen molar-refractivity contribution < 1.29 is 13.9 Å². The van der Waals surface area contributed by atoms with Crippen LogP contribution in [-0.4, -0.2) is 12.9 Å². The molecule has 0 aliphatic heterocycles. The standard InChI is InChI=1S/C16H21FO2/c1-3-11-6-4-7-12(10-11)16(18)13-8-5-9-14(19-2)15(13)17/h5,8-9,11-12H,3-4,6-7,10H2,1-2H3. The average Bonchev–Trinajstić information content (AvgIpc) is 2.47. The zero-order valence-corrected chi connectivity index (χ0v) is 11.6. The molecule has 1 fully saturated rings. The predicted octanol–water partition coefficient (Wildman–Crippen LogP) is 4.23. The molecule has 2 nitrogen and oxygen atoms in total. The van der Waals surface area contributed by atoms with Crippen molar-refractivity contribution in [3.05, 3.63) is 29.6 Å². The largest absolute Gasteiger partial charge is 0.494 e. The van der Waals surface area contributed by atoms with Gasteiger partial charge < -0.3 is 4.74 Å². The first kappa shape index (κ1) is 14.0. The summed E-state index contributed by atoms with van der Waals surface area (Å²) in [6.07, 6.45) is 5.14. The van der Waals surface area contributed by atoms with Gasteiger partial charge >= 0.3 is 0 Å². The first-order chi connectivity index (χ1) is 9.17. The number of carbonyl (C=O) groups excluding carboxylic acids is 1. The van der Waals surface area contributed by atoms with Crippen molar-refractivity contribution in [3.8, 4) is 5.75 Å². The third-order valence-corrected chi connectivity index (χ3v) is 4.18. The van der Waals surface area contributed by atoms with Gasteiger partial charge in [0, 0.05) is 5.92 Å². The molecule has 0 spiro atoms. The summed E-state index contributed by atoms with van der Waals surface area (Å²) in [6.45, 7) is 2.16. The van der Waals surface area contributed by atoms with Gasteiger partial charge in [-0.3, -0.25) is 4.79 Å². The summed E-state index contributed by atoms with van der Waals surface area (Å²) in [6, 6.07) is 4.78. The number of hydrogen-bond donors (Lipinski definition) is 0. The maximum atomic E-state index is 14.1. The van der Waals surface area contributed by atoms with E-state index in [1.165, 1.54) is 13.5 Å². The van der Waals surface area contributed by atoms with Crippen LogP contribution in [0, 0.1) is 17.7 Å². The summed E-state index contributed by atoms with van der Waals surface area (Å²) in [5, 5.41) is 0. The highest BCUT2D eigenvalue weighted by atomic mass is 19.1. The lowest BCUT2D eigenvalue weighted by molar-refractivity contribution is 0.0857. The number of halogens is 1. The van der Waals surface area contributed by atoms with Crippen molar-refractivity contribution in [1.82, 2.24) is 0 Å². The summed E-state index contributed by atoms with van der Waals surface area (Å²) in [7, 11) is 1.42. The summed E-state index contributed by atoms with van der Waals surface area (Å²) in [5.74, 6) is 0.147. The van der Waals surface area contributed by atoms with E-state index in [0.717, 1.165) is 25.7 Å². The van der Waals surface area contributed by atoms with Crippen molar-refractivity contribution in [1.29, 1.82) is 0 Å². The normalized spacial score (nSPS) is 23.1. The minimum atomic E-state index is -0.520.